The summed E-state index contributed by atoms with van der Waals surface area (Å²) < 4.78 is 0. The highest BCUT2D eigenvalue weighted by molar-refractivity contribution is 5.79. The first-order valence-corrected chi connectivity index (χ1v) is 9.05. The maximum Gasteiger partial charge on any atom is 0.225 e. The van der Waals surface area contributed by atoms with Gasteiger partial charge in [0.25, 0.3) is 0 Å². The van der Waals surface area contributed by atoms with E-state index in [1.54, 1.807) is 0 Å². The van der Waals surface area contributed by atoms with Crippen LogP contribution >= 0.6 is 0 Å². The third kappa shape index (κ3) is 3.21. The van der Waals surface area contributed by atoms with Crippen molar-refractivity contribution in [1.82, 2.24) is 20.1 Å². The molecule has 1 amide bonds. The van der Waals surface area contributed by atoms with Gasteiger partial charge in [0, 0.05) is 31.0 Å². The summed E-state index contributed by atoms with van der Waals surface area (Å²) in [6, 6.07) is 10.0. The van der Waals surface area contributed by atoms with Crippen molar-refractivity contribution >= 4 is 5.91 Å². The normalized spacial score (nSPS) is 19.2. The molecule has 0 unspecified atom stereocenters. The quantitative estimate of drug-likeness (QED) is 0.940. The van der Waals surface area contributed by atoms with Crippen molar-refractivity contribution in [2.75, 3.05) is 13.1 Å². The number of nitrogens with one attached hydrogen (secondary N) is 1. The molecule has 2 aliphatic rings. The molecule has 24 heavy (non-hydrogen) atoms. The van der Waals surface area contributed by atoms with Gasteiger partial charge in [-0.25, -0.2) is 4.98 Å². The molecule has 1 N–H and O–H groups in total. The van der Waals surface area contributed by atoms with Crippen LogP contribution < -0.4 is 0 Å². The summed E-state index contributed by atoms with van der Waals surface area (Å²) >= 11 is 0. The van der Waals surface area contributed by atoms with Gasteiger partial charge in [-0.05, 0) is 31.6 Å². The first-order valence-electron chi connectivity index (χ1n) is 9.05. The van der Waals surface area contributed by atoms with Crippen molar-refractivity contribution in [2.24, 2.45) is 11.8 Å². The van der Waals surface area contributed by atoms with Gasteiger partial charge in [-0.1, -0.05) is 36.8 Å². The number of hydrogen-bond acceptors (Lipinski definition) is 3. The van der Waals surface area contributed by atoms with Gasteiger partial charge in [0.1, 0.15) is 5.82 Å². The average molecular weight is 324 g/mol. The summed E-state index contributed by atoms with van der Waals surface area (Å²) in [6.07, 6.45) is 6.48. The molecule has 5 heteroatoms. The Labute approximate surface area is 142 Å². The van der Waals surface area contributed by atoms with Crippen LogP contribution in [0, 0.1) is 11.8 Å². The fraction of sp³-hybridized carbons (Fsp3) is 0.526. The standard InChI is InChI=1S/C19H24N4O/c24-19(16-7-4-8-16)23-11-9-14(10-12-23)13-17-20-18(22-21-17)15-5-2-1-3-6-15/h1-3,5-6,14,16H,4,7-13H2,(H,20,21,22). The van der Waals surface area contributed by atoms with E-state index in [4.69, 9.17) is 0 Å². The van der Waals surface area contributed by atoms with Crippen molar-refractivity contribution in [3.05, 3.63) is 36.2 Å². The van der Waals surface area contributed by atoms with Crippen molar-refractivity contribution in [3.63, 3.8) is 0 Å². The monoisotopic (exact) mass is 324 g/mol. The van der Waals surface area contributed by atoms with Crippen LogP contribution in [0.15, 0.2) is 30.3 Å². The lowest BCUT2D eigenvalue weighted by Gasteiger charge is -2.36. The van der Waals surface area contributed by atoms with E-state index in [0.29, 0.717) is 17.7 Å². The Bertz CT molecular complexity index is 684. The van der Waals surface area contributed by atoms with Crippen LogP contribution in [0.4, 0.5) is 0 Å². The summed E-state index contributed by atoms with van der Waals surface area (Å²) in [5.74, 6) is 3.03. The fourth-order valence-electron chi connectivity index (χ4n) is 3.65. The molecular weight excluding hydrogens is 300 g/mol. The smallest absolute Gasteiger partial charge is 0.225 e. The molecule has 0 bridgehead atoms. The minimum atomic E-state index is 0.323. The first-order chi connectivity index (χ1) is 11.8. The fourth-order valence-corrected chi connectivity index (χ4v) is 3.65. The summed E-state index contributed by atoms with van der Waals surface area (Å²) in [6.45, 7) is 1.80. The second-order valence-corrected chi connectivity index (χ2v) is 7.07. The lowest BCUT2D eigenvalue weighted by Crippen LogP contribution is -2.43. The number of aromatic amines is 1. The van der Waals surface area contributed by atoms with E-state index in [0.717, 1.165) is 62.4 Å². The Morgan fingerprint density at radius 1 is 1.12 bits per heavy atom. The van der Waals surface area contributed by atoms with E-state index in [9.17, 15) is 4.79 Å². The van der Waals surface area contributed by atoms with Gasteiger partial charge >= 0.3 is 0 Å². The molecule has 1 aromatic carbocycles. The minimum absolute atomic E-state index is 0.323. The molecule has 1 aliphatic carbocycles. The zero-order chi connectivity index (χ0) is 16.4. The van der Waals surface area contributed by atoms with Gasteiger partial charge < -0.3 is 4.90 Å². The zero-order valence-corrected chi connectivity index (χ0v) is 13.9. The molecule has 126 valence electrons. The van der Waals surface area contributed by atoms with Crippen molar-refractivity contribution in [2.45, 2.75) is 38.5 Å². The Balaban J connectivity index is 1.31. The van der Waals surface area contributed by atoms with Crippen LogP contribution in [0.3, 0.4) is 0 Å². The van der Waals surface area contributed by atoms with E-state index >= 15 is 0 Å². The number of carbonyl (C=O) groups excluding carboxylic acids is 1. The lowest BCUT2D eigenvalue weighted by molar-refractivity contribution is -0.139. The molecule has 1 aliphatic heterocycles. The zero-order valence-electron chi connectivity index (χ0n) is 13.9. The van der Waals surface area contributed by atoms with Gasteiger partial charge in [0.05, 0.1) is 0 Å². The Morgan fingerprint density at radius 2 is 1.88 bits per heavy atom. The highest BCUT2D eigenvalue weighted by Gasteiger charge is 2.31. The molecule has 1 aromatic heterocycles. The van der Waals surface area contributed by atoms with Gasteiger partial charge in [-0.2, -0.15) is 5.10 Å². The molecule has 4 rings (SSSR count). The number of nitrogens with zero attached hydrogens (tertiary/aromatic N) is 3. The van der Waals surface area contributed by atoms with Crippen molar-refractivity contribution in [3.8, 4) is 11.4 Å². The lowest BCUT2D eigenvalue weighted by atomic mass is 9.83. The van der Waals surface area contributed by atoms with E-state index in [1.165, 1.54) is 6.42 Å². The molecule has 2 heterocycles. The maximum atomic E-state index is 12.3. The van der Waals surface area contributed by atoms with Crippen molar-refractivity contribution < 1.29 is 4.79 Å². The number of hydrogen-bond donors (Lipinski definition) is 1. The summed E-state index contributed by atoms with van der Waals surface area (Å²) in [7, 11) is 0. The molecule has 0 radical (unpaired) electrons. The second kappa shape index (κ2) is 6.75. The molecule has 1 saturated heterocycles. The van der Waals surface area contributed by atoms with Crippen LogP contribution in [-0.2, 0) is 11.2 Å². The van der Waals surface area contributed by atoms with E-state index in [2.05, 4.69) is 20.1 Å². The van der Waals surface area contributed by atoms with Gasteiger partial charge in [-0.15, -0.1) is 0 Å². The second-order valence-electron chi connectivity index (χ2n) is 7.07. The SMILES string of the molecule is O=C(C1CCC1)N1CCC(Cc2nc(-c3ccccc3)n[nH]2)CC1. The average Bonchev–Trinajstić information content (AvgIpc) is 3.03. The minimum Gasteiger partial charge on any atom is -0.342 e. The summed E-state index contributed by atoms with van der Waals surface area (Å²) in [4.78, 5) is 19.0. The molecular formula is C19H24N4O. The first kappa shape index (κ1) is 15.4. The molecule has 1 saturated carbocycles. The van der Waals surface area contributed by atoms with E-state index < -0.39 is 0 Å². The number of benzene rings is 1. The number of rotatable bonds is 4. The highest BCUT2D eigenvalue weighted by Crippen LogP contribution is 2.30. The van der Waals surface area contributed by atoms with Gasteiger partial charge in [0.2, 0.25) is 5.91 Å². The van der Waals surface area contributed by atoms with Crippen LogP contribution in [0.5, 0.6) is 0 Å². The summed E-state index contributed by atoms with van der Waals surface area (Å²) in [5.41, 5.74) is 1.04. The highest BCUT2D eigenvalue weighted by atomic mass is 16.2. The number of H-pyrrole nitrogens is 1. The largest absolute Gasteiger partial charge is 0.342 e. The Kier molecular flexibility index (Phi) is 4.32. The van der Waals surface area contributed by atoms with Crippen LogP contribution in [0.2, 0.25) is 0 Å². The predicted octanol–water partition coefficient (Wildman–Crippen LogP) is 3.05. The molecule has 5 nitrogen and oxygen atoms in total. The molecule has 2 aromatic rings. The molecule has 0 spiro atoms. The number of aromatic nitrogens is 3. The van der Waals surface area contributed by atoms with Crippen LogP contribution in [0.1, 0.15) is 37.9 Å². The summed E-state index contributed by atoms with van der Waals surface area (Å²) in [5, 5.41) is 7.42. The molecule has 2 fully saturated rings. The topological polar surface area (TPSA) is 61.9 Å². The van der Waals surface area contributed by atoms with E-state index in [1.807, 2.05) is 30.3 Å². The van der Waals surface area contributed by atoms with Crippen LogP contribution in [0.25, 0.3) is 11.4 Å². The maximum absolute atomic E-state index is 12.3. The van der Waals surface area contributed by atoms with Crippen LogP contribution in [-0.4, -0.2) is 39.1 Å². The number of amides is 1. The molecule has 0 atom stereocenters. The number of piperidine rings is 1. The number of likely N-dealkylation sites (tertiary alicyclic amines) is 1. The van der Waals surface area contributed by atoms with E-state index in [-0.39, 0.29) is 0 Å². The Hall–Kier alpha value is -2.17. The third-order valence-electron chi connectivity index (χ3n) is 5.43. The Morgan fingerprint density at radius 3 is 2.54 bits per heavy atom. The van der Waals surface area contributed by atoms with Crippen molar-refractivity contribution in [1.29, 1.82) is 0 Å². The third-order valence-corrected chi connectivity index (χ3v) is 5.43. The van der Waals surface area contributed by atoms with Gasteiger partial charge in [-0.3, -0.25) is 9.89 Å². The number of carbonyl (C=O) groups is 1. The predicted molar refractivity (Wildman–Crippen MR) is 92.2 cm³/mol. The van der Waals surface area contributed by atoms with Gasteiger partial charge in [0.15, 0.2) is 5.82 Å².